The van der Waals surface area contributed by atoms with Crippen LogP contribution in [0, 0.1) is 0 Å². The zero-order chi connectivity index (χ0) is 25.6. The average molecular weight is 538 g/mol. The van der Waals surface area contributed by atoms with Crippen LogP contribution in [0.1, 0.15) is 23.8 Å². The zero-order valence-corrected chi connectivity index (χ0v) is 22.7. The number of aromatic nitrogens is 2. The van der Waals surface area contributed by atoms with Crippen LogP contribution in [0.4, 0.5) is 5.00 Å². The molecular formula is C27H31N5O3S2. The standard InChI is InChI=1S/C27H31N5O3S2/c1-3-35-25-18(5-4-10-30-25)17-6-7-20-21(15-17)36-26(31-20)24-19-8-11-29-16-22(19)37-27(24)32-23(33)9-12-28-13-14-34-2/h4-7,10,15,28-29H,3,8-9,11-14,16H2,1-2H3,(H,32,33). The minimum atomic E-state index is 0.00107. The highest BCUT2D eigenvalue weighted by atomic mass is 32.1. The van der Waals surface area contributed by atoms with Gasteiger partial charge in [0, 0.05) is 55.4 Å². The van der Waals surface area contributed by atoms with Gasteiger partial charge >= 0.3 is 0 Å². The number of nitrogens with zero attached hydrogens (tertiary/aromatic N) is 2. The fourth-order valence-electron chi connectivity index (χ4n) is 4.40. The van der Waals surface area contributed by atoms with Gasteiger partial charge in [0.15, 0.2) is 0 Å². The van der Waals surface area contributed by atoms with E-state index < -0.39 is 0 Å². The quantitative estimate of drug-likeness (QED) is 0.239. The van der Waals surface area contributed by atoms with E-state index in [-0.39, 0.29) is 5.91 Å². The van der Waals surface area contributed by atoms with E-state index in [9.17, 15) is 4.79 Å². The lowest BCUT2D eigenvalue weighted by Crippen LogP contribution is -2.24. The maximum atomic E-state index is 12.8. The maximum absolute atomic E-state index is 12.8. The van der Waals surface area contributed by atoms with E-state index in [1.807, 2.05) is 19.1 Å². The third kappa shape index (κ3) is 5.83. The van der Waals surface area contributed by atoms with Gasteiger partial charge in [-0.1, -0.05) is 6.07 Å². The molecule has 10 heteroatoms. The van der Waals surface area contributed by atoms with Gasteiger partial charge in [-0.25, -0.2) is 9.97 Å². The number of pyridine rings is 1. The molecule has 4 aromatic rings. The van der Waals surface area contributed by atoms with Crippen LogP contribution in [0.15, 0.2) is 36.5 Å². The molecule has 1 aliphatic rings. The number of carbonyl (C=O) groups is 1. The first kappa shape index (κ1) is 25.7. The van der Waals surface area contributed by atoms with Crippen LogP contribution in [0.2, 0.25) is 0 Å². The number of ether oxygens (including phenoxy) is 2. The highest BCUT2D eigenvalue weighted by Gasteiger charge is 2.25. The first-order chi connectivity index (χ1) is 18.2. The van der Waals surface area contributed by atoms with Crippen LogP contribution < -0.4 is 20.7 Å². The Morgan fingerprint density at radius 1 is 1.22 bits per heavy atom. The van der Waals surface area contributed by atoms with Crippen molar-refractivity contribution in [3.05, 3.63) is 47.0 Å². The molecule has 0 fully saturated rings. The van der Waals surface area contributed by atoms with Crippen molar-refractivity contribution in [1.82, 2.24) is 20.6 Å². The average Bonchev–Trinajstić information content (AvgIpc) is 3.49. The van der Waals surface area contributed by atoms with Crippen molar-refractivity contribution >= 4 is 43.8 Å². The number of fused-ring (bicyclic) bond motifs is 2. The molecular weight excluding hydrogens is 506 g/mol. The van der Waals surface area contributed by atoms with Crippen LogP contribution in [-0.4, -0.2) is 55.8 Å². The summed E-state index contributed by atoms with van der Waals surface area (Å²) in [5.41, 5.74) is 5.32. The lowest BCUT2D eigenvalue weighted by atomic mass is 10.0. The zero-order valence-electron chi connectivity index (χ0n) is 21.1. The van der Waals surface area contributed by atoms with Gasteiger partial charge in [-0.05, 0) is 55.3 Å². The first-order valence-corrected chi connectivity index (χ1v) is 14.1. The molecule has 1 aromatic carbocycles. The van der Waals surface area contributed by atoms with Crippen molar-refractivity contribution in [3.8, 4) is 27.6 Å². The lowest BCUT2D eigenvalue weighted by molar-refractivity contribution is -0.116. The van der Waals surface area contributed by atoms with Crippen molar-refractivity contribution in [2.45, 2.75) is 26.3 Å². The van der Waals surface area contributed by atoms with Crippen molar-refractivity contribution in [3.63, 3.8) is 0 Å². The summed E-state index contributed by atoms with van der Waals surface area (Å²) < 4.78 is 11.9. The summed E-state index contributed by atoms with van der Waals surface area (Å²) in [4.78, 5) is 23.4. The molecule has 8 nitrogen and oxygen atoms in total. The number of hydrogen-bond donors (Lipinski definition) is 3. The van der Waals surface area contributed by atoms with E-state index in [1.54, 1.807) is 36.0 Å². The van der Waals surface area contributed by atoms with Gasteiger partial charge in [-0.2, -0.15) is 0 Å². The molecule has 3 aromatic heterocycles. The van der Waals surface area contributed by atoms with Crippen molar-refractivity contribution in [1.29, 1.82) is 0 Å². The fraction of sp³-hybridized carbons (Fsp3) is 0.370. The topological polar surface area (TPSA) is 97.4 Å². The maximum Gasteiger partial charge on any atom is 0.226 e. The fourth-order valence-corrected chi connectivity index (χ4v) is 6.78. The number of benzene rings is 1. The van der Waals surface area contributed by atoms with E-state index in [0.717, 1.165) is 63.0 Å². The number of carbonyl (C=O) groups excluding carboxylic acids is 1. The molecule has 37 heavy (non-hydrogen) atoms. The molecule has 0 aliphatic carbocycles. The van der Waals surface area contributed by atoms with E-state index in [1.165, 1.54) is 10.4 Å². The van der Waals surface area contributed by atoms with E-state index in [0.29, 0.717) is 32.1 Å². The molecule has 3 N–H and O–H groups in total. The Balaban J connectivity index is 1.44. The lowest BCUT2D eigenvalue weighted by Gasteiger charge is -2.13. The number of rotatable bonds is 11. The molecule has 0 bridgehead atoms. The van der Waals surface area contributed by atoms with Crippen molar-refractivity contribution in [2.75, 3.05) is 45.3 Å². The van der Waals surface area contributed by atoms with Gasteiger partial charge in [-0.3, -0.25) is 4.79 Å². The van der Waals surface area contributed by atoms with E-state index in [4.69, 9.17) is 14.5 Å². The number of thiazole rings is 1. The second-order valence-corrected chi connectivity index (χ2v) is 10.8. The van der Waals surface area contributed by atoms with Crippen molar-refractivity contribution in [2.24, 2.45) is 0 Å². The highest BCUT2D eigenvalue weighted by Crippen LogP contribution is 2.45. The van der Waals surface area contributed by atoms with Crippen LogP contribution in [0.3, 0.4) is 0 Å². The number of amides is 1. The molecule has 1 aliphatic heterocycles. The monoisotopic (exact) mass is 537 g/mol. The highest BCUT2D eigenvalue weighted by molar-refractivity contribution is 7.23. The number of nitrogens with one attached hydrogen (secondary N) is 3. The predicted molar refractivity (Wildman–Crippen MR) is 151 cm³/mol. The minimum Gasteiger partial charge on any atom is -0.478 e. The summed E-state index contributed by atoms with van der Waals surface area (Å²) in [6, 6.07) is 10.2. The molecule has 0 radical (unpaired) electrons. The van der Waals surface area contributed by atoms with Gasteiger partial charge in [-0.15, -0.1) is 22.7 Å². The van der Waals surface area contributed by atoms with E-state index in [2.05, 4.69) is 39.1 Å². The number of thiophene rings is 1. The van der Waals surface area contributed by atoms with Crippen LogP contribution in [0.25, 0.3) is 31.9 Å². The van der Waals surface area contributed by atoms with Gasteiger partial charge < -0.3 is 25.4 Å². The SMILES string of the molecule is CCOc1ncccc1-c1ccc2nc(-c3c(NC(=O)CCNCCOC)sc4c3CCNC4)sc2c1. The third-order valence-electron chi connectivity index (χ3n) is 6.16. The normalized spacial score (nSPS) is 13.0. The molecule has 0 saturated heterocycles. The Hall–Kier alpha value is -2.89. The number of hydrogen-bond acceptors (Lipinski definition) is 9. The van der Waals surface area contributed by atoms with Gasteiger partial charge in [0.25, 0.3) is 0 Å². The summed E-state index contributed by atoms with van der Waals surface area (Å²) in [6.45, 7) is 6.23. The summed E-state index contributed by atoms with van der Waals surface area (Å²) in [5, 5.41) is 11.7. The smallest absolute Gasteiger partial charge is 0.226 e. The molecule has 194 valence electrons. The molecule has 1 amide bonds. The summed E-state index contributed by atoms with van der Waals surface area (Å²) >= 11 is 3.32. The summed E-state index contributed by atoms with van der Waals surface area (Å²) in [7, 11) is 1.67. The van der Waals surface area contributed by atoms with Gasteiger partial charge in [0.05, 0.1) is 23.4 Å². The predicted octanol–water partition coefficient (Wildman–Crippen LogP) is 4.70. The second-order valence-electron chi connectivity index (χ2n) is 8.67. The molecule has 0 spiro atoms. The van der Waals surface area contributed by atoms with Gasteiger partial charge in [0.2, 0.25) is 11.8 Å². The van der Waals surface area contributed by atoms with Gasteiger partial charge in [0.1, 0.15) is 10.0 Å². The van der Waals surface area contributed by atoms with Crippen molar-refractivity contribution < 1.29 is 14.3 Å². The molecule has 0 atom stereocenters. The molecule has 0 unspecified atom stereocenters. The Bertz CT molecular complexity index is 1380. The summed E-state index contributed by atoms with van der Waals surface area (Å²) in [6.07, 6.45) is 3.07. The molecule has 4 heterocycles. The summed E-state index contributed by atoms with van der Waals surface area (Å²) in [5.74, 6) is 0.636. The van der Waals surface area contributed by atoms with E-state index >= 15 is 0 Å². The number of methoxy groups -OCH3 is 1. The Morgan fingerprint density at radius 2 is 2.14 bits per heavy atom. The molecule has 5 rings (SSSR count). The third-order valence-corrected chi connectivity index (χ3v) is 8.34. The first-order valence-electron chi connectivity index (χ1n) is 12.5. The minimum absolute atomic E-state index is 0.00107. The van der Waals surface area contributed by atoms with Crippen LogP contribution >= 0.6 is 22.7 Å². The largest absolute Gasteiger partial charge is 0.478 e. The Kier molecular flexibility index (Phi) is 8.42. The Labute approximate surface area is 224 Å². The second kappa shape index (κ2) is 12.1. The molecule has 0 saturated carbocycles. The Morgan fingerprint density at radius 3 is 3.00 bits per heavy atom. The van der Waals surface area contributed by atoms with Crippen LogP contribution in [0.5, 0.6) is 5.88 Å². The number of anilines is 1. The van der Waals surface area contributed by atoms with Crippen LogP contribution in [-0.2, 0) is 22.5 Å².